The Hall–Kier alpha value is -6.85. The van der Waals surface area contributed by atoms with Gasteiger partial charge in [0, 0.05) is 39.6 Å². The third-order valence-electron chi connectivity index (χ3n) is 10.5. The summed E-state index contributed by atoms with van der Waals surface area (Å²) in [6, 6.07) is 30.4. The van der Waals surface area contributed by atoms with E-state index in [2.05, 4.69) is 5.32 Å². The van der Waals surface area contributed by atoms with Gasteiger partial charge in [0.2, 0.25) is 27.0 Å². The van der Waals surface area contributed by atoms with Crippen molar-refractivity contribution in [3.8, 4) is 20.9 Å². The van der Waals surface area contributed by atoms with Crippen LogP contribution in [-0.2, 0) is 61.2 Å². The maximum Gasteiger partial charge on any atom is 0.425 e. The van der Waals surface area contributed by atoms with Gasteiger partial charge in [0.05, 0.1) is 14.7 Å². The molecular weight excluding hydrogens is 1100 g/mol. The number of rotatable bonds is 13. The SMILES string of the molecule is CCNC(=O)C1(C(=O)O)CC(/C=C/c2cc(-c3ccccc3)[s+]c(-c3ccc(S(=O)(=O)O)cc3)c2)=CC(=C/C=C2C=C(c3ccc(S(=O)(=O)O)cc3)SC(c3ccc(S(=O)(=O)O)cc3)=C2)/C1.O=S(=O)=O.O=S(=O)=O. The van der Waals surface area contributed by atoms with E-state index in [0.29, 0.717) is 43.2 Å². The average molecular weight is 1140 g/mol. The van der Waals surface area contributed by atoms with Gasteiger partial charge in [-0.25, -0.2) is 0 Å². The standard InChI is InChI=1S/C48H39NO12S5.2O3S/c1-2-49-46(50)48(47(51)52)29-33(10-8-31-25-42(35-6-4-3-5-7-35)62-43(26-31)36-12-18-39(19-13-36)64(53,54)55)24-34(30-48)11-9-32-27-44(37-14-20-40(21-15-37)65(56,57)58)63-45(28-32)38-16-22-41(23-17-38)66(59,60)61;2*1-4(2)3/h3-28H,2,29-30H2,1H3,(H4-,49,50,51,52,53,54,55,56,57,58,59,60,61);;/p+1. The largest absolute Gasteiger partial charge is 0.480 e. The maximum absolute atomic E-state index is 13.7. The van der Waals surface area contributed by atoms with E-state index in [1.807, 2.05) is 66.8 Å². The monoisotopic (exact) mass is 1140 g/mol. The Bertz CT molecular complexity index is 3630. The van der Waals surface area contributed by atoms with Crippen LogP contribution < -0.4 is 5.32 Å². The van der Waals surface area contributed by atoms with Gasteiger partial charge in [-0.1, -0.05) is 84.6 Å². The number of carbonyl (C=O) groups is 2. The quantitative estimate of drug-likeness (QED) is 0.0428. The van der Waals surface area contributed by atoms with Crippen LogP contribution >= 0.6 is 23.1 Å². The number of thioether (sulfide) groups is 1. The van der Waals surface area contributed by atoms with Crippen LogP contribution in [0, 0.1) is 5.41 Å². The molecule has 386 valence electrons. The molecule has 1 atom stereocenters. The molecule has 74 heavy (non-hydrogen) atoms. The fourth-order valence-electron chi connectivity index (χ4n) is 7.24. The molecule has 5 aromatic rings. The molecule has 1 amide bonds. The minimum Gasteiger partial charge on any atom is -0.480 e. The van der Waals surface area contributed by atoms with Gasteiger partial charge in [-0.2, -0.15) is 25.3 Å². The molecule has 0 fully saturated rings. The van der Waals surface area contributed by atoms with Crippen molar-refractivity contribution in [1.29, 1.82) is 0 Å². The highest BCUT2D eigenvalue weighted by Gasteiger charge is 2.48. The zero-order valence-electron chi connectivity index (χ0n) is 38.0. The van der Waals surface area contributed by atoms with E-state index in [1.165, 1.54) is 83.8 Å². The lowest BCUT2D eigenvalue weighted by molar-refractivity contribution is -0.156. The van der Waals surface area contributed by atoms with Gasteiger partial charge >= 0.3 is 27.2 Å². The van der Waals surface area contributed by atoms with Gasteiger partial charge in [0.15, 0.2) is 5.41 Å². The highest BCUT2D eigenvalue weighted by molar-refractivity contribution is 8.16. The molecule has 26 heteroatoms. The summed E-state index contributed by atoms with van der Waals surface area (Å²) >= 11 is 2.77. The van der Waals surface area contributed by atoms with Crippen LogP contribution in [0.15, 0.2) is 183 Å². The summed E-state index contributed by atoms with van der Waals surface area (Å²) in [4.78, 5) is 29.0. The molecule has 19 nitrogen and oxygen atoms in total. The summed E-state index contributed by atoms with van der Waals surface area (Å²) in [5, 5.41) is 13.4. The third kappa shape index (κ3) is 16.3. The van der Waals surface area contributed by atoms with Crippen molar-refractivity contribution in [2.75, 3.05) is 6.54 Å². The summed E-state index contributed by atoms with van der Waals surface area (Å²) < 4.78 is 150. The molecule has 0 saturated carbocycles. The molecule has 1 unspecified atom stereocenters. The number of nitrogens with one attached hydrogen (secondary N) is 1. The van der Waals surface area contributed by atoms with E-state index in [1.54, 1.807) is 37.3 Å². The van der Waals surface area contributed by atoms with Crippen molar-refractivity contribution in [2.24, 2.45) is 5.41 Å². The van der Waals surface area contributed by atoms with Crippen molar-refractivity contribution >= 4 is 102 Å². The number of carboxylic acids is 1. The minimum atomic E-state index is -4.47. The molecule has 1 aromatic heterocycles. The molecule has 4 aromatic carbocycles. The van der Waals surface area contributed by atoms with E-state index < -0.39 is 68.9 Å². The number of hydrogen-bond donors (Lipinski definition) is 5. The van der Waals surface area contributed by atoms with Crippen LogP contribution in [0.25, 0.3) is 36.8 Å². The Morgan fingerprint density at radius 1 is 0.608 bits per heavy atom. The fourth-order valence-corrected chi connectivity index (χ4v) is 10.9. The number of hydrogen-bond acceptors (Lipinski definition) is 15. The topological polar surface area (TPSA) is 332 Å². The number of amides is 1. The lowest BCUT2D eigenvalue weighted by atomic mass is 9.71. The second kappa shape index (κ2) is 24.9. The van der Waals surface area contributed by atoms with E-state index in [-0.39, 0.29) is 34.1 Å². The van der Waals surface area contributed by atoms with Crippen molar-refractivity contribution < 1.29 is 78.9 Å². The second-order valence-electron chi connectivity index (χ2n) is 15.6. The predicted octanol–water partition coefficient (Wildman–Crippen LogP) is 7.72. The second-order valence-corrected chi connectivity index (χ2v) is 22.8. The van der Waals surface area contributed by atoms with Gasteiger partial charge in [0.1, 0.15) is 0 Å². The lowest BCUT2D eigenvalue weighted by Gasteiger charge is -2.32. The zero-order valence-corrected chi connectivity index (χ0v) is 43.7. The summed E-state index contributed by atoms with van der Waals surface area (Å²) in [7, 11) is -19.6. The molecule has 7 rings (SSSR count). The molecule has 0 radical (unpaired) electrons. The van der Waals surface area contributed by atoms with Crippen LogP contribution in [0.3, 0.4) is 0 Å². The number of carboxylic acid groups (broad SMARTS) is 1. The fraction of sp³-hybridized carbons (Fsp3) is 0.104. The Morgan fingerprint density at radius 2 is 1.03 bits per heavy atom. The van der Waals surface area contributed by atoms with Gasteiger partial charge in [-0.15, -0.1) is 25.3 Å². The smallest absolute Gasteiger partial charge is 0.425 e. The molecular formula is C48H40NO18S7+. The first kappa shape index (κ1) is 58.0. The number of aliphatic carboxylic acids is 1. The van der Waals surface area contributed by atoms with Gasteiger partial charge < -0.3 is 10.4 Å². The average Bonchev–Trinajstić information content (AvgIpc) is 3.34. The lowest BCUT2D eigenvalue weighted by Crippen LogP contribution is -2.48. The highest BCUT2D eigenvalue weighted by atomic mass is 32.2. The molecule has 2 aliphatic rings. The van der Waals surface area contributed by atoms with Crippen molar-refractivity contribution in [1.82, 2.24) is 5.32 Å². The minimum absolute atomic E-state index is 0.132. The first-order valence-corrected chi connectivity index (χ1v) is 28.9. The summed E-state index contributed by atoms with van der Waals surface area (Å²) in [5.74, 6) is -1.96. The van der Waals surface area contributed by atoms with Crippen LogP contribution in [0.1, 0.15) is 36.5 Å². The van der Waals surface area contributed by atoms with Gasteiger partial charge in [0.25, 0.3) is 30.4 Å². The van der Waals surface area contributed by atoms with E-state index >= 15 is 0 Å². The Morgan fingerprint density at radius 3 is 1.43 bits per heavy atom. The van der Waals surface area contributed by atoms with Crippen LogP contribution in [-0.4, -0.2) is 87.7 Å². The van der Waals surface area contributed by atoms with Crippen LogP contribution in [0.5, 0.6) is 0 Å². The molecule has 0 bridgehead atoms. The van der Waals surface area contributed by atoms with E-state index in [0.717, 1.165) is 20.9 Å². The van der Waals surface area contributed by atoms with Crippen molar-refractivity contribution in [2.45, 2.75) is 34.5 Å². The molecule has 0 saturated heterocycles. The zero-order chi connectivity index (χ0) is 54.6. The molecule has 5 N–H and O–H groups in total. The summed E-state index contributed by atoms with van der Waals surface area (Å²) in [6.07, 6.45) is 12.2. The first-order valence-electron chi connectivity index (χ1n) is 20.9. The van der Waals surface area contributed by atoms with Crippen LogP contribution in [0.4, 0.5) is 0 Å². The summed E-state index contributed by atoms with van der Waals surface area (Å²) in [6.45, 7) is 1.90. The predicted molar refractivity (Wildman–Crippen MR) is 276 cm³/mol. The van der Waals surface area contributed by atoms with Crippen LogP contribution in [0.2, 0.25) is 0 Å². The van der Waals surface area contributed by atoms with E-state index in [4.69, 9.17) is 25.3 Å². The normalized spacial score (nSPS) is 16.2. The molecule has 1 aliphatic carbocycles. The number of carbonyl (C=O) groups excluding carboxylic acids is 1. The van der Waals surface area contributed by atoms with Gasteiger partial charge in [-0.3, -0.25) is 23.2 Å². The van der Waals surface area contributed by atoms with Crippen molar-refractivity contribution in [3.63, 3.8) is 0 Å². The number of allylic oxidation sites excluding steroid dienone is 9. The Balaban J connectivity index is 0.00000118. The highest BCUT2D eigenvalue weighted by Crippen LogP contribution is 2.45. The Labute approximate surface area is 436 Å². The first-order chi connectivity index (χ1) is 34.7. The molecule has 0 spiro atoms. The molecule has 1 aliphatic heterocycles. The van der Waals surface area contributed by atoms with Crippen molar-refractivity contribution in [3.05, 3.63) is 185 Å². The molecule has 2 heterocycles. The maximum atomic E-state index is 13.7. The number of benzene rings is 4. The van der Waals surface area contributed by atoms with Gasteiger partial charge in [-0.05, 0) is 126 Å². The third-order valence-corrected chi connectivity index (χ3v) is 15.4. The van der Waals surface area contributed by atoms with E-state index in [9.17, 15) is 53.6 Å². The summed E-state index contributed by atoms with van der Waals surface area (Å²) in [5.41, 5.74) is 3.30. The Kier molecular flexibility index (Phi) is 19.5.